The van der Waals surface area contributed by atoms with Crippen LogP contribution in [0.4, 0.5) is 11.8 Å². The van der Waals surface area contributed by atoms with Crippen LogP contribution < -0.4 is 11.1 Å². The number of fused-ring (bicyclic) bond motifs is 1. The Balaban J connectivity index is 0.00000117. The van der Waals surface area contributed by atoms with Gasteiger partial charge in [-0.05, 0) is 49.9 Å². The molecule has 0 spiro atoms. The van der Waals surface area contributed by atoms with Gasteiger partial charge >= 0.3 is 0 Å². The molecule has 0 amide bonds. The SMILES string of the molecule is CC.Cc1cc(C)c2c(N)nc(NC3CCN(Cc4cccnc4)CC3)nc2n1. The van der Waals surface area contributed by atoms with Gasteiger partial charge in [-0.1, -0.05) is 19.9 Å². The lowest BCUT2D eigenvalue weighted by Crippen LogP contribution is -2.39. The number of aromatic nitrogens is 4. The highest BCUT2D eigenvalue weighted by molar-refractivity contribution is 5.89. The van der Waals surface area contributed by atoms with Crippen molar-refractivity contribution in [3.8, 4) is 0 Å². The van der Waals surface area contributed by atoms with Crippen molar-refractivity contribution in [3.63, 3.8) is 0 Å². The molecule has 4 heterocycles. The molecule has 0 atom stereocenters. The van der Waals surface area contributed by atoms with Crippen LogP contribution in [0.2, 0.25) is 0 Å². The Kier molecular flexibility index (Phi) is 6.93. The summed E-state index contributed by atoms with van der Waals surface area (Å²) in [5.41, 5.74) is 10.1. The average Bonchev–Trinajstić information content (AvgIpc) is 2.71. The van der Waals surface area contributed by atoms with Crippen LogP contribution in [0.3, 0.4) is 0 Å². The van der Waals surface area contributed by atoms with Crippen LogP contribution in [0, 0.1) is 13.8 Å². The number of aryl methyl sites for hydroxylation is 2. The predicted molar refractivity (Wildman–Crippen MR) is 119 cm³/mol. The average molecular weight is 394 g/mol. The number of nitrogens with two attached hydrogens (primary N) is 1. The summed E-state index contributed by atoms with van der Waals surface area (Å²) in [5, 5.41) is 4.30. The quantitative estimate of drug-likeness (QED) is 0.698. The van der Waals surface area contributed by atoms with Gasteiger partial charge in [-0.15, -0.1) is 0 Å². The van der Waals surface area contributed by atoms with E-state index in [1.807, 2.05) is 52.2 Å². The van der Waals surface area contributed by atoms with Crippen molar-refractivity contribution in [1.29, 1.82) is 0 Å². The summed E-state index contributed by atoms with van der Waals surface area (Å²) in [6, 6.07) is 6.47. The zero-order valence-electron chi connectivity index (χ0n) is 17.8. The molecular weight excluding hydrogens is 362 g/mol. The number of likely N-dealkylation sites (tertiary alicyclic amines) is 1. The van der Waals surface area contributed by atoms with Crippen LogP contribution in [0.25, 0.3) is 11.0 Å². The van der Waals surface area contributed by atoms with Gasteiger partial charge < -0.3 is 11.1 Å². The summed E-state index contributed by atoms with van der Waals surface area (Å²) in [5.74, 6) is 1.06. The lowest BCUT2D eigenvalue weighted by atomic mass is 10.0. The number of pyridine rings is 2. The molecule has 3 N–H and O–H groups in total. The Morgan fingerprint density at radius 3 is 2.59 bits per heavy atom. The fourth-order valence-corrected chi connectivity index (χ4v) is 3.74. The number of rotatable bonds is 4. The van der Waals surface area contributed by atoms with E-state index in [1.54, 1.807) is 0 Å². The highest BCUT2D eigenvalue weighted by atomic mass is 15.2. The molecule has 29 heavy (non-hydrogen) atoms. The summed E-state index contributed by atoms with van der Waals surface area (Å²) in [6.07, 6.45) is 5.84. The molecule has 4 rings (SSSR count). The van der Waals surface area contributed by atoms with E-state index in [2.05, 4.69) is 36.2 Å². The number of anilines is 2. The van der Waals surface area contributed by atoms with Crippen LogP contribution >= 0.6 is 0 Å². The standard InChI is InChI=1S/C20H25N7.C2H6/c1-13-10-14(2)23-19-17(13)18(21)25-20(26-19)24-16-5-8-27(9-6-16)12-15-4-3-7-22-11-15;1-2/h3-4,7,10-11,16H,5-6,8-9,12H2,1-2H3,(H3,21,23,24,25,26);1-2H3. The van der Waals surface area contributed by atoms with Gasteiger partial charge in [0.2, 0.25) is 5.95 Å². The number of hydrogen-bond donors (Lipinski definition) is 2. The minimum absolute atomic E-state index is 0.345. The van der Waals surface area contributed by atoms with Crippen LogP contribution in [0.15, 0.2) is 30.6 Å². The Labute approximate surface area is 172 Å². The van der Waals surface area contributed by atoms with E-state index in [-0.39, 0.29) is 0 Å². The predicted octanol–water partition coefficient (Wildman–Crippen LogP) is 3.72. The van der Waals surface area contributed by atoms with Gasteiger partial charge in [-0.25, -0.2) is 4.98 Å². The van der Waals surface area contributed by atoms with Crippen molar-refractivity contribution in [3.05, 3.63) is 47.4 Å². The van der Waals surface area contributed by atoms with Crippen molar-refractivity contribution < 1.29 is 0 Å². The summed E-state index contributed by atoms with van der Waals surface area (Å²) in [4.78, 5) is 20.2. The monoisotopic (exact) mass is 393 g/mol. The van der Waals surface area contributed by atoms with Crippen LogP contribution in [0.5, 0.6) is 0 Å². The Morgan fingerprint density at radius 1 is 1.14 bits per heavy atom. The first kappa shape index (κ1) is 20.9. The smallest absolute Gasteiger partial charge is 0.226 e. The first-order valence-electron chi connectivity index (χ1n) is 10.4. The van der Waals surface area contributed by atoms with Gasteiger partial charge in [0.1, 0.15) is 5.82 Å². The van der Waals surface area contributed by atoms with Crippen molar-refractivity contribution in [2.75, 3.05) is 24.1 Å². The number of piperidine rings is 1. The summed E-state index contributed by atoms with van der Waals surface area (Å²) in [7, 11) is 0. The molecule has 3 aromatic rings. The van der Waals surface area contributed by atoms with Crippen molar-refractivity contribution in [2.24, 2.45) is 0 Å². The molecule has 0 aromatic carbocycles. The maximum Gasteiger partial charge on any atom is 0.226 e. The first-order chi connectivity index (χ1) is 14.1. The van der Waals surface area contributed by atoms with Gasteiger partial charge in [0.15, 0.2) is 5.65 Å². The summed E-state index contributed by atoms with van der Waals surface area (Å²) in [6.45, 7) is 11.0. The normalized spacial score (nSPS) is 15.0. The summed E-state index contributed by atoms with van der Waals surface area (Å²) >= 11 is 0. The van der Waals surface area contributed by atoms with Crippen LogP contribution in [-0.2, 0) is 6.54 Å². The van der Waals surface area contributed by atoms with Gasteiger partial charge in [0.05, 0.1) is 5.39 Å². The lowest BCUT2D eigenvalue weighted by molar-refractivity contribution is 0.211. The minimum atomic E-state index is 0.345. The molecule has 0 radical (unpaired) electrons. The third-order valence-electron chi connectivity index (χ3n) is 5.07. The Hall–Kier alpha value is -2.80. The van der Waals surface area contributed by atoms with Crippen molar-refractivity contribution >= 4 is 22.8 Å². The molecule has 0 aliphatic carbocycles. The molecule has 0 unspecified atom stereocenters. The van der Waals surface area contributed by atoms with E-state index in [4.69, 9.17) is 5.73 Å². The highest BCUT2D eigenvalue weighted by Gasteiger charge is 2.20. The minimum Gasteiger partial charge on any atom is -0.383 e. The van der Waals surface area contributed by atoms with E-state index in [0.717, 1.165) is 49.1 Å². The highest BCUT2D eigenvalue weighted by Crippen LogP contribution is 2.24. The maximum absolute atomic E-state index is 6.18. The second kappa shape index (κ2) is 9.60. The fourth-order valence-electron chi connectivity index (χ4n) is 3.74. The summed E-state index contributed by atoms with van der Waals surface area (Å²) < 4.78 is 0. The number of nitrogen functional groups attached to an aromatic ring is 1. The number of nitrogens with one attached hydrogen (secondary N) is 1. The Morgan fingerprint density at radius 2 is 1.90 bits per heavy atom. The topological polar surface area (TPSA) is 92.8 Å². The zero-order chi connectivity index (χ0) is 20.8. The second-order valence-corrected chi connectivity index (χ2v) is 7.27. The Bertz CT molecular complexity index is 935. The first-order valence-corrected chi connectivity index (χ1v) is 10.4. The molecule has 7 nitrogen and oxygen atoms in total. The zero-order valence-corrected chi connectivity index (χ0v) is 17.8. The van der Waals surface area contributed by atoms with E-state index >= 15 is 0 Å². The number of nitrogens with zero attached hydrogens (tertiary/aromatic N) is 5. The van der Waals surface area contributed by atoms with Gasteiger partial charge in [-0.2, -0.15) is 9.97 Å². The molecule has 3 aromatic heterocycles. The van der Waals surface area contributed by atoms with Gasteiger partial charge in [0, 0.05) is 43.8 Å². The molecule has 7 heteroatoms. The third-order valence-corrected chi connectivity index (χ3v) is 5.07. The lowest BCUT2D eigenvalue weighted by Gasteiger charge is -2.32. The largest absolute Gasteiger partial charge is 0.383 e. The van der Waals surface area contributed by atoms with E-state index in [0.29, 0.717) is 23.5 Å². The molecule has 1 aliphatic rings. The fraction of sp³-hybridized carbons (Fsp3) is 0.455. The van der Waals surface area contributed by atoms with Crippen molar-refractivity contribution in [2.45, 2.75) is 53.1 Å². The van der Waals surface area contributed by atoms with Crippen molar-refractivity contribution in [1.82, 2.24) is 24.8 Å². The molecule has 1 fully saturated rings. The molecule has 1 aliphatic heterocycles. The van der Waals surface area contributed by atoms with Gasteiger partial charge in [0.25, 0.3) is 0 Å². The van der Waals surface area contributed by atoms with E-state index in [1.165, 1.54) is 5.56 Å². The van der Waals surface area contributed by atoms with Crippen LogP contribution in [-0.4, -0.2) is 44.0 Å². The van der Waals surface area contributed by atoms with Crippen LogP contribution in [0.1, 0.15) is 43.5 Å². The third kappa shape index (κ3) is 5.17. The maximum atomic E-state index is 6.18. The number of hydrogen-bond acceptors (Lipinski definition) is 7. The molecule has 0 bridgehead atoms. The second-order valence-electron chi connectivity index (χ2n) is 7.27. The molecular formula is C22H31N7. The molecule has 0 saturated carbocycles. The van der Waals surface area contributed by atoms with Gasteiger partial charge in [-0.3, -0.25) is 9.88 Å². The molecule has 1 saturated heterocycles. The molecule has 154 valence electrons. The van der Waals surface area contributed by atoms with E-state index < -0.39 is 0 Å². The van der Waals surface area contributed by atoms with E-state index in [9.17, 15) is 0 Å².